The van der Waals surface area contributed by atoms with Gasteiger partial charge in [0.15, 0.2) is 0 Å². The lowest BCUT2D eigenvalue weighted by Crippen LogP contribution is -2.34. The molecule has 0 atom stereocenters. The van der Waals surface area contributed by atoms with Crippen molar-refractivity contribution in [1.82, 2.24) is 10.2 Å². The third-order valence-electron chi connectivity index (χ3n) is 4.38. The van der Waals surface area contributed by atoms with Crippen LogP contribution in [0.3, 0.4) is 0 Å². The average molecular weight is 312 g/mol. The highest BCUT2D eigenvalue weighted by Gasteiger charge is 2.19. The van der Waals surface area contributed by atoms with Gasteiger partial charge in [-0.25, -0.2) is 0 Å². The molecule has 0 unspecified atom stereocenters. The van der Waals surface area contributed by atoms with Crippen molar-refractivity contribution in [1.29, 1.82) is 0 Å². The highest BCUT2D eigenvalue weighted by Crippen LogP contribution is 2.24. The quantitative estimate of drug-likeness (QED) is 0.871. The number of halogens is 1. The summed E-state index contributed by atoms with van der Waals surface area (Å²) in [7, 11) is 6.30. The molecule has 120 valence electrons. The van der Waals surface area contributed by atoms with Gasteiger partial charge in [0, 0.05) is 26.3 Å². The maximum absolute atomic E-state index is 3.27. The van der Waals surface area contributed by atoms with Gasteiger partial charge >= 0.3 is 0 Å². The van der Waals surface area contributed by atoms with Crippen molar-refractivity contribution in [2.24, 2.45) is 5.92 Å². The van der Waals surface area contributed by atoms with Crippen LogP contribution in [0.2, 0.25) is 0 Å². The Hall–Kier alpha value is -0.770. The first-order valence-electron chi connectivity index (χ1n) is 7.83. The number of piperidine rings is 1. The molecule has 0 aliphatic carbocycles. The minimum atomic E-state index is 0. The Bertz CT molecular complexity index is 401. The molecule has 0 saturated carbocycles. The second-order valence-corrected chi connectivity index (χ2v) is 6.13. The van der Waals surface area contributed by atoms with E-state index in [-0.39, 0.29) is 12.4 Å². The van der Waals surface area contributed by atoms with Gasteiger partial charge in [-0.3, -0.25) is 4.90 Å². The number of nitrogens with zero attached hydrogens (tertiary/aromatic N) is 2. The van der Waals surface area contributed by atoms with Gasteiger partial charge in [0.2, 0.25) is 0 Å². The molecule has 1 fully saturated rings. The minimum absolute atomic E-state index is 0. The number of hydrogen-bond acceptors (Lipinski definition) is 3. The Labute approximate surface area is 136 Å². The molecule has 1 aromatic carbocycles. The smallest absolute Gasteiger partial charge is 0.0406 e. The molecule has 0 aromatic heterocycles. The van der Waals surface area contributed by atoms with E-state index in [0.29, 0.717) is 0 Å². The van der Waals surface area contributed by atoms with Gasteiger partial charge in [-0.15, -0.1) is 12.4 Å². The zero-order valence-electron chi connectivity index (χ0n) is 13.6. The van der Waals surface area contributed by atoms with E-state index in [1.54, 1.807) is 0 Å². The summed E-state index contributed by atoms with van der Waals surface area (Å²) >= 11 is 0. The Balaban J connectivity index is 0.00000220. The number of nitrogens with one attached hydrogen (secondary N) is 1. The van der Waals surface area contributed by atoms with E-state index in [1.807, 2.05) is 7.05 Å². The third-order valence-corrected chi connectivity index (χ3v) is 4.38. The molecule has 1 aliphatic heterocycles. The van der Waals surface area contributed by atoms with Gasteiger partial charge in [0.25, 0.3) is 0 Å². The van der Waals surface area contributed by atoms with Crippen molar-refractivity contribution in [3.05, 3.63) is 29.8 Å². The predicted octanol–water partition coefficient (Wildman–Crippen LogP) is 3.00. The molecule has 0 amide bonds. The SMILES string of the molecule is CNCCC1CCN(Cc2ccccc2N(C)C)CC1.Cl. The lowest BCUT2D eigenvalue weighted by Gasteiger charge is -2.32. The van der Waals surface area contributed by atoms with Crippen molar-refractivity contribution >= 4 is 18.1 Å². The molecule has 0 bridgehead atoms. The number of rotatable bonds is 6. The lowest BCUT2D eigenvalue weighted by molar-refractivity contribution is 0.172. The minimum Gasteiger partial charge on any atom is -0.377 e. The van der Waals surface area contributed by atoms with Crippen molar-refractivity contribution in [3.63, 3.8) is 0 Å². The molecular formula is C17H30ClN3. The van der Waals surface area contributed by atoms with Crippen LogP contribution in [0.25, 0.3) is 0 Å². The molecule has 1 saturated heterocycles. The fourth-order valence-electron chi connectivity index (χ4n) is 3.10. The summed E-state index contributed by atoms with van der Waals surface area (Å²) < 4.78 is 0. The first-order chi connectivity index (χ1) is 9.70. The van der Waals surface area contributed by atoms with Crippen molar-refractivity contribution in [3.8, 4) is 0 Å². The number of benzene rings is 1. The average Bonchev–Trinajstić information content (AvgIpc) is 2.47. The highest BCUT2D eigenvalue weighted by atomic mass is 35.5. The van der Waals surface area contributed by atoms with Crippen LogP contribution in [0, 0.1) is 5.92 Å². The molecule has 0 spiro atoms. The molecular weight excluding hydrogens is 282 g/mol. The number of likely N-dealkylation sites (tertiary alicyclic amines) is 1. The van der Waals surface area contributed by atoms with Crippen LogP contribution in [0.15, 0.2) is 24.3 Å². The normalized spacial score (nSPS) is 16.5. The van der Waals surface area contributed by atoms with Gasteiger partial charge in [-0.1, -0.05) is 18.2 Å². The molecule has 1 aliphatic rings. The summed E-state index contributed by atoms with van der Waals surface area (Å²) in [5, 5.41) is 3.27. The predicted molar refractivity (Wildman–Crippen MR) is 94.6 cm³/mol. The largest absolute Gasteiger partial charge is 0.377 e. The van der Waals surface area contributed by atoms with Crippen molar-refractivity contribution in [2.45, 2.75) is 25.8 Å². The van der Waals surface area contributed by atoms with Crippen LogP contribution in [-0.2, 0) is 6.54 Å². The molecule has 3 nitrogen and oxygen atoms in total. The zero-order valence-corrected chi connectivity index (χ0v) is 14.5. The van der Waals surface area contributed by atoms with E-state index in [2.05, 4.69) is 53.5 Å². The Morgan fingerprint density at radius 1 is 1.19 bits per heavy atom. The maximum atomic E-state index is 3.27. The Morgan fingerprint density at radius 2 is 1.86 bits per heavy atom. The topological polar surface area (TPSA) is 18.5 Å². The van der Waals surface area contributed by atoms with E-state index in [4.69, 9.17) is 0 Å². The van der Waals surface area contributed by atoms with Crippen molar-refractivity contribution in [2.75, 3.05) is 45.7 Å². The summed E-state index contributed by atoms with van der Waals surface area (Å²) in [6.45, 7) is 4.74. The van der Waals surface area contributed by atoms with Crippen LogP contribution in [0.4, 0.5) is 5.69 Å². The fraction of sp³-hybridized carbons (Fsp3) is 0.647. The summed E-state index contributed by atoms with van der Waals surface area (Å²) in [6.07, 6.45) is 4.04. The van der Waals surface area contributed by atoms with E-state index in [1.165, 1.54) is 43.6 Å². The summed E-state index contributed by atoms with van der Waals surface area (Å²) in [5.74, 6) is 0.919. The standard InChI is InChI=1S/C17H29N3.ClH/c1-18-11-8-15-9-12-20(13-10-15)14-16-6-4-5-7-17(16)19(2)3;/h4-7,15,18H,8-14H2,1-3H3;1H. The molecule has 0 radical (unpaired) electrons. The number of para-hydroxylation sites is 1. The van der Waals surface area contributed by atoms with Gasteiger partial charge in [0.05, 0.1) is 0 Å². The summed E-state index contributed by atoms with van der Waals surface area (Å²) in [6, 6.07) is 8.77. The summed E-state index contributed by atoms with van der Waals surface area (Å²) in [5.41, 5.74) is 2.80. The van der Waals surface area contributed by atoms with E-state index >= 15 is 0 Å². The van der Waals surface area contributed by atoms with Gasteiger partial charge < -0.3 is 10.2 Å². The lowest BCUT2D eigenvalue weighted by atomic mass is 9.93. The highest BCUT2D eigenvalue weighted by molar-refractivity contribution is 5.85. The van der Waals surface area contributed by atoms with Crippen LogP contribution in [-0.4, -0.2) is 45.7 Å². The number of hydrogen-bond donors (Lipinski definition) is 1. The summed E-state index contributed by atoms with van der Waals surface area (Å²) in [4.78, 5) is 4.83. The number of anilines is 1. The first kappa shape index (κ1) is 18.3. The molecule has 1 N–H and O–H groups in total. The van der Waals surface area contributed by atoms with E-state index in [9.17, 15) is 0 Å². The zero-order chi connectivity index (χ0) is 14.4. The van der Waals surface area contributed by atoms with Gasteiger partial charge in [-0.2, -0.15) is 0 Å². The molecule has 4 heteroatoms. The van der Waals surface area contributed by atoms with Crippen LogP contribution in [0.1, 0.15) is 24.8 Å². The third kappa shape index (κ3) is 5.50. The van der Waals surface area contributed by atoms with Crippen LogP contribution >= 0.6 is 12.4 Å². The monoisotopic (exact) mass is 311 g/mol. The Kier molecular flexibility index (Phi) is 8.09. The second kappa shape index (κ2) is 9.29. The fourth-order valence-corrected chi connectivity index (χ4v) is 3.10. The van der Waals surface area contributed by atoms with E-state index in [0.717, 1.165) is 19.0 Å². The molecule has 21 heavy (non-hydrogen) atoms. The van der Waals surface area contributed by atoms with Gasteiger partial charge in [0.1, 0.15) is 0 Å². The second-order valence-electron chi connectivity index (χ2n) is 6.13. The van der Waals surface area contributed by atoms with Crippen LogP contribution in [0.5, 0.6) is 0 Å². The maximum Gasteiger partial charge on any atom is 0.0406 e. The van der Waals surface area contributed by atoms with E-state index < -0.39 is 0 Å². The molecule has 2 rings (SSSR count). The van der Waals surface area contributed by atoms with Gasteiger partial charge in [-0.05, 0) is 63.5 Å². The Morgan fingerprint density at radius 3 is 2.48 bits per heavy atom. The first-order valence-corrected chi connectivity index (χ1v) is 7.83. The molecule has 1 aromatic rings. The van der Waals surface area contributed by atoms with Crippen LogP contribution < -0.4 is 10.2 Å². The van der Waals surface area contributed by atoms with Crippen molar-refractivity contribution < 1.29 is 0 Å². The molecule has 1 heterocycles.